The molecule has 4 nitrogen and oxygen atoms in total. The van der Waals surface area contributed by atoms with Crippen LogP contribution in [0.2, 0.25) is 0 Å². The Bertz CT molecular complexity index is 482. The van der Waals surface area contributed by atoms with Crippen LogP contribution in [0.3, 0.4) is 0 Å². The van der Waals surface area contributed by atoms with E-state index in [0.29, 0.717) is 5.41 Å². The Balaban J connectivity index is 1.67. The zero-order valence-electron chi connectivity index (χ0n) is 12.8. The van der Waals surface area contributed by atoms with E-state index in [4.69, 9.17) is 0 Å². The number of nitrogens with one attached hydrogen (secondary N) is 1. The van der Waals surface area contributed by atoms with E-state index in [1.807, 2.05) is 17.0 Å². The first-order valence-electron chi connectivity index (χ1n) is 8.16. The van der Waals surface area contributed by atoms with Gasteiger partial charge in [0.1, 0.15) is 0 Å². The summed E-state index contributed by atoms with van der Waals surface area (Å²) in [6.07, 6.45) is 11.1. The number of urea groups is 1. The number of amides is 2. The maximum atomic E-state index is 12.5. The van der Waals surface area contributed by atoms with Crippen molar-refractivity contribution in [3.05, 3.63) is 24.5 Å². The molecule has 1 aromatic rings. The van der Waals surface area contributed by atoms with E-state index in [0.717, 1.165) is 31.1 Å². The molecule has 114 valence electrons. The van der Waals surface area contributed by atoms with Gasteiger partial charge in [0, 0.05) is 19.3 Å². The molecule has 2 amide bonds. The number of carbonyl (C=O) groups is 1. The van der Waals surface area contributed by atoms with Gasteiger partial charge in [0.15, 0.2) is 0 Å². The number of aromatic nitrogens is 1. The molecule has 21 heavy (non-hydrogen) atoms. The van der Waals surface area contributed by atoms with Crippen LogP contribution in [0.15, 0.2) is 24.5 Å². The van der Waals surface area contributed by atoms with Crippen LogP contribution in [0.1, 0.15) is 45.4 Å². The molecule has 1 spiro atoms. The standard InChI is InChI=1S/C17H25N3O/c1-14-7-11-20(13-17(14)8-3-2-4-9-17)16(21)19-15-6-5-10-18-12-15/h5-6,10,12,14H,2-4,7-9,11,13H2,1H3,(H,19,21). The molecule has 1 aromatic heterocycles. The highest BCUT2D eigenvalue weighted by Gasteiger charge is 2.42. The van der Waals surface area contributed by atoms with Crippen molar-refractivity contribution >= 4 is 11.7 Å². The molecule has 0 aromatic carbocycles. The Morgan fingerprint density at radius 1 is 1.38 bits per heavy atom. The largest absolute Gasteiger partial charge is 0.324 e. The van der Waals surface area contributed by atoms with Crippen LogP contribution in [-0.2, 0) is 0 Å². The van der Waals surface area contributed by atoms with Gasteiger partial charge in [-0.15, -0.1) is 0 Å². The summed E-state index contributed by atoms with van der Waals surface area (Å²) in [6.45, 7) is 4.16. The molecule has 1 unspecified atom stereocenters. The number of anilines is 1. The minimum absolute atomic E-state index is 0.0276. The Morgan fingerprint density at radius 2 is 2.19 bits per heavy atom. The second kappa shape index (κ2) is 6.04. The first-order chi connectivity index (χ1) is 10.2. The normalized spacial score (nSPS) is 24.8. The van der Waals surface area contributed by atoms with Gasteiger partial charge >= 0.3 is 6.03 Å². The second-order valence-electron chi connectivity index (χ2n) is 6.71. The van der Waals surface area contributed by atoms with Crippen molar-refractivity contribution in [2.75, 3.05) is 18.4 Å². The van der Waals surface area contributed by atoms with E-state index in [1.165, 1.54) is 32.1 Å². The molecule has 2 fully saturated rings. The summed E-state index contributed by atoms with van der Waals surface area (Å²) in [4.78, 5) is 18.5. The predicted molar refractivity (Wildman–Crippen MR) is 84.1 cm³/mol. The Morgan fingerprint density at radius 3 is 2.90 bits per heavy atom. The first-order valence-corrected chi connectivity index (χ1v) is 8.16. The summed E-state index contributed by atoms with van der Waals surface area (Å²) in [7, 11) is 0. The van der Waals surface area contributed by atoms with Gasteiger partial charge in [0.2, 0.25) is 0 Å². The highest BCUT2D eigenvalue weighted by Crippen LogP contribution is 2.46. The fourth-order valence-electron chi connectivity index (χ4n) is 3.99. The Hall–Kier alpha value is -1.58. The summed E-state index contributed by atoms with van der Waals surface area (Å²) >= 11 is 0. The molecule has 2 heterocycles. The lowest BCUT2D eigenvalue weighted by atomic mass is 9.63. The van der Waals surface area contributed by atoms with Crippen molar-refractivity contribution in [1.82, 2.24) is 9.88 Å². The third-order valence-corrected chi connectivity index (χ3v) is 5.43. The molecule has 1 atom stereocenters. The van der Waals surface area contributed by atoms with Gasteiger partial charge < -0.3 is 10.2 Å². The number of rotatable bonds is 1. The molecule has 2 aliphatic rings. The van der Waals surface area contributed by atoms with E-state index in [2.05, 4.69) is 17.2 Å². The second-order valence-corrected chi connectivity index (χ2v) is 6.71. The van der Waals surface area contributed by atoms with Crippen LogP contribution < -0.4 is 5.32 Å². The van der Waals surface area contributed by atoms with Gasteiger partial charge in [-0.25, -0.2) is 4.79 Å². The Kier molecular flexibility index (Phi) is 4.13. The van der Waals surface area contributed by atoms with Crippen LogP contribution in [0.25, 0.3) is 0 Å². The zero-order valence-corrected chi connectivity index (χ0v) is 12.8. The molecule has 1 aliphatic carbocycles. The molecule has 0 bridgehead atoms. The van der Waals surface area contributed by atoms with Crippen LogP contribution in [0.5, 0.6) is 0 Å². The summed E-state index contributed by atoms with van der Waals surface area (Å²) < 4.78 is 0. The van der Waals surface area contributed by atoms with Crippen LogP contribution in [0.4, 0.5) is 10.5 Å². The molecule has 3 rings (SSSR count). The minimum atomic E-state index is 0.0276. The lowest BCUT2D eigenvalue weighted by Crippen LogP contribution is -2.52. The SMILES string of the molecule is CC1CCN(C(=O)Nc2cccnc2)CC12CCCCC2. The van der Waals surface area contributed by atoms with E-state index in [-0.39, 0.29) is 6.03 Å². The fraction of sp³-hybridized carbons (Fsp3) is 0.647. The smallest absolute Gasteiger partial charge is 0.321 e. The average molecular weight is 287 g/mol. The molecule has 0 radical (unpaired) electrons. The maximum Gasteiger partial charge on any atom is 0.321 e. The number of hydrogen-bond acceptors (Lipinski definition) is 2. The molecule has 1 N–H and O–H groups in total. The third-order valence-electron chi connectivity index (χ3n) is 5.43. The van der Waals surface area contributed by atoms with Gasteiger partial charge in [-0.2, -0.15) is 0 Å². The maximum absolute atomic E-state index is 12.5. The minimum Gasteiger partial charge on any atom is -0.324 e. The van der Waals surface area contributed by atoms with Gasteiger partial charge in [-0.05, 0) is 42.7 Å². The molecule has 4 heteroatoms. The Labute approximate surface area is 126 Å². The number of carbonyl (C=O) groups excluding carboxylic acids is 1. The monoisotopic (exact) mass is 287 g/mol. The highest BCUT2D eigenvalue weighted by molar-refractivity contribution is 5.89. The van der Waals surface area contributed by atoms with Gasteiger partial charge in [-0.1, -0.05) is 26.2 Å². The summed E-state index contributed by atoms with van der Waals surface area (Å²) in [5.74, 6) is 0.736. The van der Waals surface area contributed by atoms with Crippen LogP contribution in [-0.4, -0.2) is 29.0 Å². The van der Waals surface area contributed by atoms with Crippen LogP contribution >= 0.6 is 0 Å². The summed E-state index contributed by atoms with van der Waals surface area (Å²) in [5, 5.41) is 2.97. The van der Waals surface area contributed by atoms with Gasteiger partial charge in [0.05, 0.1) is 11.9 Å². The van der Waals surface area contributed by atoms with E-state index >= 15 is 0 Å². The van der Waals surface area contributed by atoms with Gasteiger partial charge in [0.25, 0.3) is 0 Å². The molecular formula is C17H25N3O. The van der Waals surface area contributed by atoms with Crippen molar-refractivity contribution in [2.45, 2.75) is 45.4 Å². The lowest BCUT2D eigenvalue weighted by Gasteiger charge is -2.49. The fourth-order valence-corrected chi connectivity index (χ4v) is 3.99. The summed E-state index contributed by atoms with van der Waals surface area (Å²) in [6, 6.07) is 3.75. The third kappa shape index (κ3) is 3.04. The zero-order chi connectivity index (χ0) is 14.7. The quantitative estimate of drug-likeness (QED) is 0.851. The first kappa shape index (κ1) is 14.4. The van der Waals surface area contributed by atoms with Crippen molar-refractivity contribution in [3.63, 3.8) is 0 Å². The lowest BCUT2D eigenvalue weighted by molar-refractivity contribution is 0.0237. The number of piperidine rings is 1. The van der Waals surface area contributed by atoms with Crippen molar-refractivity contribution in [1.29, 1.82) is 0 Å². The number of pyridine rings is 1. The predicted octanol–water partition coefficient (Wildman–Crippen LogP) is 3.91. The van der Waals surface area contributed by atoms with Crippen LogP contribution in [0, 0.1) is 11.3 Å². The topological polar surface area (TPSA) is 45.2 Å². The van der Waals surface area contributed by atoms with Crippen molar-refractivity contribution < 1.29 is 4.79 Å². The molecule has 1 saturated heterocycles. The van der Waals surface area contributed by atoms with E-state index < -0.39 is 0 Å². The molecular weight excluding hydrogens is 262 g/mol. The molecule has 1 aliphatic heterocycles. The summed E-state index contributed by atoms with van der Waals surface area (Å²) in [5.41, 5.74) is 1.14. The number of hydrogen-bond donors (Lipinski definition) is 1. The molecule has 1 saturated carbocycles. The van der Waals surface area contributed by atoms with Crippen molar-refractivity contribution in [2.24, 2.45) is 11.3 Å². The average Bonchev–Trinajstić information content (AvgIpc) is 2.52. The number of nitrogens with zero attached hydrogens (tertiary/aromatic N) is 2. The van der Waals surface area contributed by atoms with E-state index in [9.17, 15) is 4.79 Å². The number of likely N-dealkylation sites (tertiary alicyclic amines) is 1. The van der Waals surface area contributed by atoms with Gasteiger partial charge in [-0.3, -0.25) is 4.98 Å². The van der Waals surface area contributed by atoms with Crippen molar-refractivity contribution in [3.8, 4) is 0 Å². The highest BCUT2D eigenvalue weighted by atomic mass is 16.2. The van der Waals surface area contributed by atoms with E-state index in [1.54, 1.807) is 12.4 Å².